The van der Waals surface area contributed by atoms with Crippen molar-refractivity contribution in [2.75, 3.05) is 30.3 Å². The van der Waals surface area contributed by atoms with Crippen LogP contribution in [0.2, 0.25) is 0 Å². The first-order valence-corrected chi connectivity index (χ1v) is 6.82. The predicted octanol–water partition coefficient (Wildman–Crippen LogP) is 0.290. The third kappa shape index (κ3) is 2.52. The molecular formula is C8H13N3OS2. The first-order valence-electron chi connectivity index (χ1n) is 4.51. The summed E-state index contributed by atoms with van der Waals surface area (Å²) < 4.78 is 11.1. The summed E-state index contributed by atoms with van der Waals surface area (Å²) in [5, 5.41) is 0.626. The van der Waals surface area contributed by atoms with E-state index in [1.807, 2.05) is 6.20 Å². The van der Waals surface area contributed by atoms with Crippen LogP contribution in [0.25, 0.3) is 0 Å². The molecule has 0 aliphatic carbocycles. The second-order valence-corrected chi connectivity index (χ2v) is 6.13. The normalized spacial score (nSPS) is 20.0. The summed E-state index contributed by atoms with van der Waals surface area (Å²) in [7, 11) is -0.592. The molecule has 0 unspecified atom stereocenters. The molecule has 78 valence electrons. The zero-order valence-electron chi connectivity index (χ0n) is 7.81. The molecule has 1 saturated heterocycles. The first kappa shape index (κ1) is 10.1. The lowest BCUT2D eigenvalue weighted by Crippen LogP contribution is -2.36. The average molecular weight is 231 g/mol. The molecule has 0 amide bonds. The van der Waals surface area contributed by atoms with Gasteiger partial charge in [0.05, 0.1) is 0 Å². The van der Waals surface area contributed by atoms with Crippen molar-refractivity contribution in [3.8, 4) is 0 Å². The summed E-state index contributed by atoms with van der Waals surface area (Å²) in [6.07, 6.45) is 1.82. The highest BCUT2D eigenvalue weighted by Gasteiger charge is 2.15. The number of hydrogen-bond donors (Lipinski definition) is 1. The highest BCUT2D eigenvalue weighted by Crippen LogP contribution is 2.17. The Bertz CT molecular complexity index is 329. The van der Waals surface area contributed by atoms with Gasteiger partial charge in [0.1, 0.15) is 0 Å². The minimum Gasteiger partial charge on any atom is -0.375 e. The first-order chi connectivity index (χ1) is 6.74. The van der Waals surface area contributed by atoms with Gasteiger partial charge >= 0.3 is 0 Å². The summed E-state index contributed by atoms with van der Waals surface area (Å²) in [5.41, 5.74) is 5.55. The van der Waals surface area contributed by atoms with E-state index in [2.05, 4.69) is 9.88 Å². The van der Waals surface area contributed by atoms with Crippen LogP contribution in [0, 0.1) is 0 Å². The molecule has 1 aromatic rings. The highest BCUT2D eigenvalue weighted by molar-refractivity contribution is 7.85. The van der Waals surface area contributed by atoms with Gasteiger partial charge in [-0.05, 0) is 0 Å². The molecule has 1 aliphatic heterocycles. The number of thiazole rings is 1. The van der Waals surface area contributed by atoms with Gasteiger partial charge in [0.25, 0.3) is 0 Å². The van der Waals surface area contributed by atoms with Gasteiger partial charge in [0, 0.05) is 53.0 Å². The Labute approximate surface area is 89.6 Å². The zero-order valence-corrected chi connectivity index (χ0v) is 9.44. The largest absolute Gasteiger partial charge is 0.375 e. The summed E-state index contributed by atoms with van der Waals surface area (Å²) in [6.45, 7) is 2.74. The Balaban J connectivity index is 1.89. The Morgan fingerprint density at radius 1 is 1.57 bits per heavy atom. The van der Waals surface area contributed by atoms with Crippen molar-refractivity contribution in [2.45, 2.75) is 6.54 Å². The number of nitrogen functional groups attached to an aromatic ring is 1. The molecule has 1 fully saturated rings. The highest BCUT2D eigenvalue weighted by atomic mass is 32.2. The fraction of sp³-hybridized carbons (Fsp3) is 0.625. The van der Waals surface area contributed by atoms with Gasteiger partial charge in [0.2, 0.25) is 0 Å². The lowest BCUT2D eigenvalue weighted by molar-refractivity contribution is 0.294. The lowest BCUT2D eigenvalue weighted by atomic mass is 10.4. The smallest absolute Gasteiger partial charge is 0.180 e. The van der Waals surface area contributed by atoms with Crippen LogP contribution in [0.5, 0.6) is 0 Å². The summed E-state index contributed by atoms with van der Waals surface area (Å²) in [5.74, 6) is 1.60. The van der Waals surface area contributed by atoms with Crippen molar-refractivity contribution in [1.29, 1.82) is 0 Å². The molecule has 0 saturated carbocycles. The molecule has 2 rings (SSSR count). The van der Waals surface area contributed by atoms with Crippen molar-refractivity contribution >= 4 is 27.3 Å². The second-order valence-electron chi connectivity index (χ2n) is 3.29. The van der Waals surface area contributed by atoms with Crippen LogP contribution >= 0.6 is 11.3 Å². The molecule has 4 nitrogen and oxygen atoms in total. The van der Waals surface area contributed by atoms with E-state index in [1.165, 1.54) is 16.2 Å². The van der Waals surface area contributed by atoms with E-state index < -0.39 is 10.8 Å². The topological polar surface area (TPSA) is 59.2 Å². The maximum atomic E-state index is 11.1. The molecule has 0 spiro atoms. The molecule has 1 aliphatic rings. The Hall–Kier alpha value is -0.460. The number of hydrogen-bond acceptors (Lipinski definition) is 5. The van der Waals surface area contributed by atoms with Crippen LogP contribution in [0.3, 0.4) is 0 Å². The van der Waals surface area contributed by atoms with E-state index in [4.69, 9.17) is 5.73 Å². The van der Waals surface area contributed by atoms with Gasteiger partial charge in [-0.25, -0.2) is 4.98 Å². The minimum atomic E-state index is -0.592. The third-order valence-corrected chi connectivity index (χ3v) is 4.31. The maximum absolute atomic E-state index is 11.1. The van der Waals surface area contributed by atoms with Gasteiger partial charge in [-0.3, -0.25) is 9.11 Å². The number of nitrogens with zero attached hydrogens (tertiary/aromatic N) is 2. The molecule has 14 heavy (non-hydrogen) atoms. The molecular weight excluding hydrogens is 218 g/mol. The summed E-state index contributed by atoms with van der Waals surface area (Å²) in [6, 6.07) is 0. The number of rotatable bonds is 2. The Morgan fingerprint density at radius 3 is 2.86 bits per heavy atom. The van der Waals surface area contributed by atoms with Crippen LogP contribution in [0.1, 0.15) is 4.88 Å². The molecule has 0 radical (unpaired) electrons. The van der Waals surface area contributed by atoms with Gasteiger partial charge in [-0.1, -0.05) is 0 Å². The van der Waals surface area contributed by atoms with E-state index in [9.17, 15) is 4.21 Å². The molecule has 1 aromatic heterocycles. The second kappa shape index (κ2) is 4.37. The van der Waals surface area contributed by atoms with Crippen LogP contribution in [-0.2, 0) is 17.3 Å². The fourth-order valence-corrected chi connectivity index (χ4v) is 3.30. The van der Waals surface area contributed by atoms with Crippen molar-refractivity contribution in [1.82, 2.24) is 9.88 Å². The predicted molar refractivity (Wildman–Crippen MR) is 59.7 cm³/mol. The van der Waals surface area contributed by atoms with Crippen molar-refractivity contribution in [2.24, 2.45) is 0 Å². The van der Waals surface area contributed by atoms with E-state index in [0.717, 1.165) is 31.1 Å². The van der Waals surface area contributed by atoms with E-state index in [1.54, 1.807) is 0 Å². The number of aromatic nitrogens is 1. The SMILES string of the molecule is Nc1ncc(CN2CCS(=O)CC2)s1. The van der Waals surface area contributed by atoms with Gasteiger partial charge in [-0.15, -0.1) is 11.3 Å². The summed E-state index contributed by atoms with van der Waals surface area (Å²) in [4.78, 5) is 7.50. The van der Waals surface area contributed by atoms with Crippen molar-refractivity contribution < 1.29 is 4.21 Å². The standard InChI is InChI=1S/C8H13N3OS2/c9-8-10-5-7(13-8)6-11-1-3-14(12)4-2-11/h5H,1-4,6H2,(H2,9,10). The van der Waals surface area contributed by atoms with Crippen LogP contribution in [0.4, 0.5) is 5.13 Å². The van der Waals surface area contributed by atoms with Gasteiger partial charge in [0.15, 0.2) is 5.13 Å². The van der Waals surface area contributed by atoms with Gasteiger partial charge < -0.3 is 5.73 Å². The van der Waals surface area contributed by atoms with Crippen molar-refractivity contribution in [3.05, 3.63) is 11.1 Å². The number of nitrogens with two attached hydrogens (primary N) is 1. The van der Waals surface area contributed by atoms with Crippen LogP contribution in [-0.4, -0.2) is 38.7 Å². The summed E-state index contributed by atoms with van der Waals surface area (Å²) >= 11 is 1.53. The van der Waals surface area contributed by atoms with Crippen LogP contribution in [0.15, 0.2) is 6.20 Å². The van der Waals surface area contributed by atoms with E-state index >= 15 is 0 Å². The van der Waals surface area contributed by atoms with E-state index in [-0.39, 0.29) is 0 Å². The molecule has 0 bridgehead atoms. The molecule has 0 atom stereocenters. The molecule has 0 aromatic carbocycles. The maximum Gasteiger partial charge on any atom is 0.180 e. The Kier molecular flexibility index (Phi) is 3.15. The Morgan fingerprint density at radius 2 is 2.29 bits per heavy atom. The molecule has 6 heteroatoms. The van der Waals surface area contributed by atoms with Crippen molar-refractivity contribution in [3.63, 3.8) is 0 Å². The minimum absolute atomic E-state index is 0.592. The fourth-order valence-electron chi connectivity index (χ4n) is 1.45. The van der Waals surface area contributed by atoms with E-state index in [0.29, 0.717) is 5.13 Å². The average Bonchev–Trinajstić information content (AvgIpc) is 2.56. The molecule has 2 heterocycles. The zero-order chi connectivity index (χ0) is 9.97. The lowest BCUT2D eigenvalue weighted by Gasteiger charge is -2.25. The quantitative estimate of drug-likeness (QED) is 0.795. The number of anilines is 1. The third-order valence-electron chi connectivity index (χ3n) is 2.22. The monoisotopic (exact) mass is 231 g/mol. The van der Waals surface area contributed by atoms with Crippen LogP contribution < -0.4 is 5.73 Å². The molecule has 2 N–H and O–H groups in total. The van der Waals surface area contributed by atoms with Gasteiger partial charge in [-0.2, -0.15) is 0 Å².